The van der Waals surface area contributed by atoms with Crippen molar-refractivity contribution in [3.05, 3.63) is 76.1 Å². The van der Waals surface area contributed by atoms with Gasteiger partial charge in [-0.25, -0.2) is 8.42 Å². The lowest BCUT2D eigenvalue weighted by Crippen LogP contribution is -2.22. The van der Waals surface area contributed by atoms with E-state index in [9.17, 15) is 18.0 Å². The van der Waals surface area contributed by atoms with E-state index in [0.717, 1.165) is 11.3 Å². The van der Waals surface area contributed by atoms with Crippen LogP contribution in [0.3, 0.4) is 0 Å². The van der Waals surface area contributed by atoms with Gasteiger partial charge in [0.1, 0.15) is 4.21 Å². The zero-order chi connectivity index (χ0) is 21.9. The third-order valence-corrected chi connectivity index (χ3v) is 7.13. The molecule has 0 fully saturated rings. The minimum Gasteiger partial charge on any atom is -0.345 e. The standard InChI is InChI=1S/C20H18ClN3O4S2/c1-24(2)20(26)16-12-15(9-10-17(16)21)22-19(25)13-5-7-14(8-6-13)23-30(27,28)18-4-3-11-29-18/h3-12,23H,1-2H3,(H,22,25). The number of carbonyl (C=O) groups is 2. The van der Waals surface area contributed by atoms with Crippen molar-refractivity contribution < 1.29 is 18.0 Å². The Balaban J connectivity index is 1.72. The predicted octanol–water partition coefficient (Wildman–Crippen LogP) is 4.16. The van der Waals surface area contributed by atoms with E-state index >= 15 is 0 Å². The Morgan fingerprint density at radius 2 is 1.67 bits per heavy atom. The van der Waals surface area contributed by atoms with Crippen molar-refractivity contribution in [1.82, 2.24) is 4.90 Å². The maximum atomic E-state index is 12.5. The molecule has 0 saturated heterocycles. The van der Waals surface area contributed by atoms with E-state index in [-0.39, 0.29) is 20.7 Å². The summed E-state index contributed by atoms with van der Waals surface area (Å²) < 4.78 is 27.2. The number of benzene rings is 2. The van der Waals surface area contributed by atoms with Gasteiger partial charge in [-0.05, 0) is 53.9 Å². The lowest BCUT2D eigenvalue weighted by Gasteiger charge is -2.13. The van der Waals surface area contributed by atoms with Gasteiger partial charge >= 0.3 is 0 Å². The lowest BCUT2D eigenvalue weighted by molar-refractivity contribution is 0.0827. The second kappa shape index (κ2) is 8.86. The zero-order valence-corrected chi connectivity index (χ0v) is 18.4. The van der Waals surface area contributed by atoms with Crippen molar-refractivity contribution in [3.63, 3.8) is 0 Å². The molecule has 0 spiro atoms. The smallest absolute Gasteiger partial charge is 0.271 e. The molecule has 0 atom stereocenters. The average Bonchev–Trinajstić information content (AvgIpc) is 3.25. The molecule has 0 aliphatic rings. The Kier molecular flexibility index (Phi) is 6.45. The van der Waals surface area contributed by atoms with Gasteiger partial charge in [0.2, 0.25) is 0 Å². The highest BCUT2D eigenvalue weighted by atomic mass is 35.5. The van der Waals surface area contributed by atoms with Gasteiger partial charge in [0.15, 0.2) is 0 Å². The molecule has 0 radical (unpaired) electrons. The van der Waals surface area contributed by atoms with Crippen molar-refractivity contribution in [2.75, 3.05) is 24.1 Å². The fraction of sp³-hybridized carbons (Fsp3) is 0.100. The van der Waals surface area contributed by atoms with Gasteiger partial charge in [-0.3, -0.25) is 14.3 Å². The molecule has 3 rings (SSSR count). The highest BCUT2D eigenvalue weighted by Gasteiger charge is 2.16. The molecule has 0 aliphatic heterocycles. The molecular weight excluding hydrogens is 446 g/mol. The van der Waals surface area contributed by atoms with Crippen LogP contribution in [0.1, 0.15) is 20.7 Å². The normalized spacial score (nSPS) is 11.0. The lowest BCUT2D eigenvalue weighted by atomic mass is 10.1. The summed E-state index contributed by atoms with van der Waals surface area (Å²) in [6.07, 6.45) is 0. The number of nitrogens with one attached hydrogen (secondary N) is 2. The largest absolute Gasteiger partial charge is 0.345 e. The summed E-state index contributed by atoms with van der Waals surface area (Å²) in [7, 11) is -0.438. The highest BCUT2D eigenvalue weighted by Crippen LogP contribution is 2.23. The molecule has 0 saturated carbocycles. The molecule has 2 aromatic carbocycles. The van der Waals surface area contributed by atoms with E-state index in [1.807, 2.05) is 0 Å². The number of hydrogen-bond donors (Lipinski definition) is 2. The Morgan fingerprint density at radius 3 is 2.27 bits per heavy atom. The summed E-state index contributed by atoms with van der Waals surface area (Å²) in [5.74, 6) is -0.688. The second-order valence-electron chi connectivity index (χ2n) is 6.46. The van der Waals surface area contributed by atoms with Gasteiger partial charge < -0.3 is 10.2 Å². The molecule has 0 unspecified atom stereocenters. The number of amides is 2. The van der Waals surface area contributed by atoms with Crippen LogP contribution < -0.4 is 10.0 Å². The molecule has 1 heterocycles. The van der Waals surface area contributed by atoms with Crippen LogP contribution in [-0.4, -0.2) is 39.2 Å². The van der Waals surface area contributed by atoms with Crippen molar-refractivity contribution in [3.8, 4) is 0 Å². The first kappa shape index (κ1) is 21.8. The maximum Gasteiger partial charge on any atom is 0.271 e. The van der Waals surface area contributed by atoms with Crippen LogP contribution in [0.4, 0.5) is 11.4 Å². The van der Waals surface area contributed by atoms with Crippen LogP contribution in [0.25, 0.3) is 0 Å². The topological polar surface area (TPSA) is 95.6 Å². The average molecular weight is 464 g/mol. The van der Waals surface area contributed by atoms with E-state index in [1.165, 1.54) is 47.4 Å². The third kappa shape index (κ3) is 4.99. The Hall–Kier alpha value is -2.88. The SMILES string of the molecule is CN(C)C(=O)c1cc(NC(=O)c2ccc(NS(=O)(=O)c3cccs3)cc2)ccc1Cl. The highest BCUT2D eigenvalue weighted by molar-refractivity contribution is 7.94. The maximum absolute atomic E-state index is 12.5. The molecule has 0 bridgehead atoms. The number of rotatable bonds is 6. The minimum atomic E-state index is -3.66. The van der Waals surface area contributed by atoms with E-state index in [0.29, 0.717) is 16.9 Å². The first-order chi connectivity index (χ1) is 14.2. The molecule has 0 aliphatic carbocycles. The van der Waals surface area contributed by atoms with Gasteiger partial charge in [0, 0.05) is 31.0 Å². The van der Waals surface area contributed by atoms with E-state index < -0.39 is 15.9 Å². The molecular formula is C20H18ClN3O4S2. The monoisotopic (exact) mass is 463 g/mol. The van der Waals surface area contributed by atoms with Crippen molar-refractivity contribution in [1.29, 1.82) is 0 Å². The molecule has 7 nitrogen and oxygen atoms in total. The van der Waals surface area contributed by atoms with Gasteiger partial charge in [-0.2, -0.15) is 0 Å². The summed E-state index contributed by atoms with van der Waals surface area (Å²) in [6.45, 7) is 0. The summed E-state index contributed by atoms with van der Waals surface area (Å²) in [5.41, 5.74) is 1.35. The third-order valence-electron chi connectivity index (χ3n) is 4.02. The van der Waals surface area contributed by atoms with Crippen LogP contribution in [0.2, 0.25) is 5.02 Å². The van der Waals surface area contributed by atoms with Crippen LogP contribution in [0.5, 0.6) is 0 Å². The van der Waals surface area contributed by atoms with Crippen LogP contribution in [-0.2, 0) is 10.0 Å². The van der Waals surface area contributed by atoms with Gasteiger partial charge in [-0.15, -0.1) is 11.3 Å². The Labute approximate surface area is 183 Å². The fourth-order valence-electron chi connectivity index (χ4n) is 2.52. The van der Waals surface area contributed by atoms with E-state index in [2.05, 4.69) is 10.0 Å². The molecule has 10 heteroatoms. The molecule has 30 heavy (non-hydrogen) atoms. The molecule has 2 amide bonds. The Bertz CT molecular complexity index is 1180. The molecule has 156 valence electrons. The summed E-state index contributed by atoms with van der Waals surface area (Å²) >= 11 is 7.19. The van der Waals surface area contributed by atoms with Crippen molar-refractivity contribution in [2.45, 2.75) is 4.21 Å². The number of anilines is 2. The number of halogens is 1. The van der Waals surface area contributed by atoms with Crippen LogP contribution >= 0.6 is 22.9 Å². The van der Waals surface area contributed by atoms with Crippen LogP contribution in [0, 0.1) is 0 Å². The first-order valence-corrected chi connectivity index (χ1v) is 11.4. The van der Waals surface area contributed by atoms with Gasteiger partial charge in [0.25, 0.3) is 21.8 Å². The predicted molar refractivity (Wildman–Crippen MR) is 119 cm³/mol. The summed E-state index contributed by atoms with van der Waals surface area (Å²) in [6, 6.07) is 13.8. The molecule has 3 aromatic rings. The van der Waals surface area contributed by atoms with Gasteiger partial charge in [-0.1, -0.05) is 17.7 Å². The second-order valence-corrected chi connectivity index (χ2v) is 9.73. The number of hydrogen-bond acceptors (Lipinski definition) is 5. The van der Waals surface area contributed by atoms with Crippen molar-refractivity contribution in [2.24, 2.45) is 0 Å². The number of nitrogens with zero attached hydrogens (tertiary/aromatic N) is 1. The quantitative estimate of drug-likeness (QED) is 0.573. The van der Waals surface area contributed by atoms with Crippen LogP contribution in [0.15, 0.2) is 64.2 Å². The number of thiophene rings is 1. The number of carbonyl (C=O) groups excluding carboxylic acids is 2. The van der Waals surface area contributed by atoms with E-state index in [4.69, 9.17) is 11.6 Å². The van der Waals surface area contributed by atoms with Crippen molar-refractivity contribution >= 4 is 56.2 Å². The van der Waals surface area contributed by atoms with E-state index in [1.54, 1.807) is 31.6 Å². The Morgan fingerprint density at radius 1 is 1.00 bits per heavy atom. The van der Waals surface area contributed by atoms with Gasteiger partial charge in [0.05, 0.1) is 10.6 Å². The summed E-state index contributed by atoms with van der Waals surface area (Å²) in [5, 5.41) is 4.67. The number of sulfonamides is 1. The fourth-order valence-corrected chi connectivity index (χ4v) is 4.77. The zero-order valence-electron chi connectivity index (χ0n) is 16.0. The minimum absolute atomic E-state index is 0.204. The summed E-state index contributed by atoms with van der Waals surface area (Å²) in [4.78, 5) is 26.1. The molecule has 2 N–H and O–H groups in total. The molecule has 1 aromatic heterocycles. The first-order valence-electron chi connectivity index (χ1n) is 8.66.